The zero-order chi connectivity index (χ0) is 24.5. The molecule has 1 amide bonds. The van der Waals surface area contributed by atoms with E-state index in [9.17, 15) is 18.0 Å². The minimum Gasteiger partial charge on any atom is -0.374 e. The lowest BCUT2D eigenvalue weighted by molar-refractivity contribution is -0.275. The van der Waals surface area contributed by atoms with E-state index in [-0.39, 0.29) is 27.2 Å². The molecule has 0 saturated heterocycles. The zero-order valence-electron chi connectivity index (χ0n) is 17.6. The van der Waals surface area contributed by atoms with E-state index >= 15 is 0 Å². The number of nitrogens with zero attached hydrogens (tertiary/aromatic N) is 1. The van der Waals surface area contributed by atoms with Gasteiger partial charge in [0.05, 0.1) is 5.71 Å². The normalized spacial score (nSPS) is 18.0. The Kier molecular flexibility index (Phi) is 6.99. The first kappa shape index (κ1) is 24.6. The second-order valence-electron chi connectivity index (χ2n) is 7.79. The molecule has 4 nitrogen and oxygen atoms in total. The van der Waals surface area contributed by atoms with Crippen molar-refractivity contribution in [2.75, 3.05) is 12.4 Å². The molecule has 1 unspecified atom stereocenters. The van der Waals surface area contributed by atoms with Crippen LogP contribution in [0.1, 0.15) is 34.3 Å². The SMILES string of the molecule is O=C(NCCCCl)c1ccc(C2=NOC(c3cc(Cl)cc(Cl)c3)(C(F)(F)F)C2)c2ccccc12. The van der Waals surface area contributed by atoms with Crippen molar-refractivity contribution in [2.45, 2.75) is 24.6 Å². The Labute approximate surface area is 208 Å². The smallest absolute Gasteiger partial charge is 0.374 e. The summed E-state index contributed by atoms with van der Waals surface area (Å²) in [5.41, 5.74) is -2.05. The topological polar surface area (TPSA) is 50.7 Å². The average molecular weight is 530 g/mol. The van der Waals surface area contributed by atoms with Crippen LogP contribution in [0.15, 0.2) is 59.8 Å². The van der Waals surface area contributed by atoms with Crippen molar-refractivity contribution in [3.63, 3.8) is 0 Å². The van der Waals surface area contributed by atoms with Crippen LogP contribution < -0.4 is 5.32 Å². The Morgan fingerprint density at radius 2 is 1.74 bits per heavy atom. The van der Waals surface area contributed by atoms with E-state index in [2.05, 4.69) is 10.5 Å². The molecule has 0 radical (unpaired) electrons. The van der Waals surface area contributed by atoms with Crippen LogP contribution in [0.4, 0.5) is 13.2 Å². The molecule has 3 aromatic rings. The van der Waals surface area contributed by atoms with Gasteiger partial charge < -0.3 is 10.2 Å². The predicted octanol–water partition coefficient (Wildman–Crippen LogP) is 7.09. The zero-order valence-corrected chi connectivity index (χ0v) is 19.8. The van der Waals surface area contributed by atoms with Crippen LogP contribution in [0.2, 0.25) is 10.0 Å². The Hall–Kier alpha value is -2.48. The van der Waals surface area contributed by atoms with Gasteiger partial charge in [-0.05, 0) is 41.5 Å². The molecule has 1 aliphatic heterocycles. The van der Waals surface area contributed by atoms with Gasteiger partial charge in [-0.25, -0.2) is 0 Å². The van der Waals surface area contributed by atoms with E-state index in [0.717, 1.165) is 0 Å². The number of halogens is 6. The molecular weight excluding hydrogens is 512 g/mol. The summed E-state index contributed by atoms with van der Waals surface area (Å²) in [6, 6.07) is 13.8. The van der Waals surface area contributed by atoms with Crippen LogP contribution in [0.5, 0.6) is 0 Å². The molecule has 178 valence electrons. The van der Waals surface area contributed by atoms with Gasteiger partial charge in [-0.15, -0.1) is 11.6 Å². The number of nitrogens with one attached hydrogen (secondary N) is 1. The first-order valence-corrected chi connectivity index (χ1v) is 11.6. The molecule has 1 heterocycles. The second kappa shape index (κ2) is 9.64. The van der Waals surface area contributed by atoms with Crippen LogP contribution in [-0.2, 0) is 10.4 Å². The number of fused-ring (bicyclic) bond motifs is 1. The van der Waals surface area contributed by atoms with Gasteiger partial charge in [0, 0.05) is 45.6 Å². The Morgan fingerprint density at radius 3 is 2.38 bits per heavy atom. The van der Waals surface area contributed by atoms with Gasteiger partial charge in [0.25, 0.3) is 11.5 Å². The van der Waals surface area contributed by atoms with Crippen molar-refractivity contribution >= 4 is 57.2 Å². The number of carbonyl (C=O) groups is 1. The van der Waals surface area contributed by atoms with E-state index < -0.39 is 18.2 Å². The Bertz CT molecular complexity index is 1260. The fraction of sp³-hybridized carbons (Fsp3) is 0.250. The number of hydrogen-bond acceptors (Lipinski definition) is 3. The monoisotopic (exact) mass is 528 g/mol. The first-order valence-electron chi connectivity index (χ1n) is 10.3. The molecule has 4 rings (SSSR count). The molecule has 0 aromatic heterocycles. The summed E-state index contributed by atoms with van der Waals surface area (Å²) in [6.07, 6.45) is -4.77. The van der Waals surface area contributed by atoms with Crippen molar-refractivity contribution in [1.82, 2.24) is 5.32 Å². The van der Waals surface area contributed by atoms with Crippen molar-refractivity contribution in [3.8, 4) is 0 Å². The number of hydrogen-bond donors (Lipinski definition) is 1. The lowest BCUT2D eigenvalue weighted by atomic mass is 9.85. The lowest BCUT2D eigenvalue weighted by Gasteiger charge is -2.29. The summed E-state index contributed by atoms with van der Waals surface area (Å²) < 4.78 is 43.0. The maximum atomic E-state index is 14.3. The molecule has 1 N–H and O–H groups in total. The molecule has 10 heteroatoms. The molecule has 0 spiro atoms. The quantitative estimate of drug-likeness (QED) is 0.274. The maximum Gasteiger partial charge on any atom is 0.435 e. The molecule has 0 fully saturated rings. The molecule has 1 aliphatic rings. The molecule has 1 atom stereocenters. The third kappa shape index (κ3) is 4.57. The minimum absolute atomic E-state index is 0.0538. The summed E-state index contributed by atoms with van der Waals surface area (Å²) in [7, 11) is 0. The van der Waals surface area contributed by atoms with Crippen LogP contribution in [0.25, 0.3) is 10.8 Å². The Morgan fingerprint density at radius 1 is 1.06 bits per heavy atom. The standard InChI is InChI=1S/C24H18Cl3F3N2O2/c25-8-3-9-31-22(33)20-7-6-19(17-4-1-2-5-18(17)20)21-13-23(34-32-21,24(28,29)30)14-10-15(26)12-16(27)11-14/h1-2,4-7,10-12H,3,8-9,13H2,(H,31,33). The predicted molar refractivity (Wildman–Crippen MR) is 128 cm³/mol. The molecular formula is C24H18Cl3F3N2O2. The highest BCUT2D eigenvalue weighted by Gasteiger charge is 2.62. The Balaban J connectivity index is 1.75. The molecule has 0 saturated carbocycles. The van der Waals surface area contributed by atoms with Crippen LogP contribution in [0, 0.1) is 0 Å². The number of benzene rings is 3. The van der Waals surface area contributed by atoms with Gasteiger partial charge in [0.1, 0.15) is 0 Å². The number of alkyl halides is 4. The summed E-state index contributed by atoms with van der Waals surface area (Å²) in [5.74, 6) is 0.120. The highest BCUT2D eigenvalue weighted by molar-refractivity contribution is 6.34. The summed E-state index contributed by atoms with van der Waals surface area (Å²) in [6.45, 7) is 0.412. The van der Waals surface area contributed by atoms with Gasteiger partial charge in [0.15, 0.2) is 0 Å². The number of amides is 1. The molecule has 3 aromatic carbocycles. The fourth-order valence-corrected chi connectivity index (χ4v) is 4.61. The highest BCUT2D eigenvalue weighted by Crippen LogP contribution is 2.50. The second-order valence-corrected chi connectivity index (χ2v) is 9.04. The number of rotatable bonds is 6. The van der Waals surface area contributed by atoms with E-state index in [4.69, 9.17) is 39.6 Å². The molecule has 0 aliphatic carbocycles. The van der Waals surface area contributed by atoms with Gasteiger partial charge >= 0.3 is 6.18 Å². The fourth-order valence-electron chi connectivity index (χ4n) is 3.95. The number of carbonyl (C=O) groups excluding carboxylic acids is 1. The van der Waals surface area contributed by atoms with Gasteiger partial charge in [-0.2, -0.15) is 13.2 Å². The van der Waals surface area contributed by atoms with Gasteiger partial charge in [0.2, 0.25) is 0 Å². The van der Waals surface area contributed by atoms with Crippen LogP contribution in [0.3, 0.4) is 0 Å². The van der Waals surface area contributed by atoms with Crippen LogP contribution >= 0.6 is 34.8 Å². The van der Waals surface area contributed by atoms with Crippen molar-refractivity contribution in [1.29, 1.82) is 0 Å². The first-order chi connectivity index (χ1) is 16.2. The largest absolute Gasteiger partial charge is 0.435 e. The maximum absolute atomic E-state index is 14.3. The van der Waals surface area contributed by atoms with Crippen molar-refractivity contribution in [2.24, 2.45) is 5.16 Å². The van der Waals surface area contributed by atoms with Crippen molar-refractivity contribution < 1.29 is 22.8 Å². The minimum atomic E-state index is -4.80. The summed E-state index contributed by atoms with van der Waals surface area (Å²) in [4.78, 5) is 17.8. The average Bonchev–Trinajstić information content (AvgIpc) is 3.25. The van der Waals surface area contributed by atoms with Gasteiger partial charge in [-0.3, -0.25) is 4.79 Å². The molecule has 0 bridgehead atoms. The van der Waals surface area contributed by atoms with E-state index in [1.54, 1.807) is 36.4 Å². The molecule has 34 heavy (non-hydrogen) atoms. The number of oxime groups is 1. The van der Waals surface area contributed by atoms with Crippen molar-refractivity contribution in [3.05, 3.63) is 81.3 Å². The lowest BCUT2D eigenvalue weighted by Crippen LogP contribution is -2.42. The summed E-state index contributed by atoms with van der Waals surface area (Å²) >= 11 is 17.6. The van der Waals surface area contributed by atoms with E-state index in [1.807, 2.05) is 0 Å². The third-order valence-electron chi connectivity index (χ3n) is 5.59. The van der Waals surface area contributed by atoms with E-state index in [1.165, 1.54) is 18.2 Å². The summed E-state index contributed by atoms with van der Waals surface area (Å²) in [5, 5.41) is 7.91. The highest BCUT2D eigenvalue weighted by atomic mass is 35.5. The van der Waals surface area contributed by atoms with Crippen LogP contribution in [-0.4, -0.2) is 30.2 Å². The van der Waals surface area contributed by atoms with Gasteiger partial charge in [-0.1, -0.05) is 58.7 Å². The van der Waals surface area contributed by atoms with E-state index in [0.29, 0.717) is 40.7 Å². The third-order valence-corrected chi connectivity index (χ3v) is 6.29.